The van der Waals surface area contributed by atoms with Crippen molar-refractivity contribution >= 4 is 35.4 Å². The molecular formula is C31H27ClN8O4. The Morgan fingerprint density at radius 3 is 2.52 bits per heavy atom. The van der Waals surface area contributed by atoms with E-state index in [0.717, 1.165) is 5.56 Å². The summed E-state index contributed by atoms with van der Waals surface area (Å²) in [4.78, 5) is 38.0. The molecule has 1 atom stereocenters. The molecule has 2 amide bonds. The molecule has 0 spiro atoms. The van der Waals surface area contributed by atoms with Crippen molar-refractivity contribution in [3.8, 4) is 16.8 Å². The minimum atomic E-state index is -0.601. The van der Waals surface area contributed by atoms with Gasteiger partial charge in [-0.25, -0.2) is 9.48 Å². The van der Waals surface area contributed by atoms with Crippen LogP contribution in [0.3, 0.4) is 0 Å². The number of hydrogen-bond donors (Lipinski definition) is 2. The fourth-order valence-corrected chi connectivity index (χ4v) is 4.69. The number of aromatic nitrogens is 6. The number of nitrogens with one attached hydrogen (secondary N) is 2. The van der Waals surface area contributed by atoms with E-state index in [1.165, 1.54) is 28.9 Å². The third-order valence-corrected chi connectivity index (χ3v) is 6.90. The lowest BCUT2D eigenvalue weighted by Crippen LogP contribution is -2.32. The predicted octanol–water partition coefficient (Wildman–Crippen LogP) is 4.37. The molecule has 0 aliphatic rings. The molecule has 2 heterocycles. The number of aryl methyl sites for hydroxylation is 1. The van der Waals surface area contributed by atoms with E-state index in [9.17, 15) is 14.4 Å². The minimum absolute atomic E-state index is 0.316. The second-order valence-corrected chi connectivity index (χ2v) is 10.1. The van der Waals surface area contributed by atoms with Crippen LogP contribution in [0.1, 0.15) is 22.9 Å². The standard InChI is InChI=1S/C31H27ClN8O4/c1-39-30(42)25(21-8-12-24(13-9-21)34-31(43)44-2)18-27(36-39)26(16-20-6-4-3-5-7-20)35-29(41)15-10-22-17-23(32)11-14-28(22)40-19-33-37-38-40/h3-15,17-19,26H,16H2,1-2H3,(H,34,43)(H,35,41)/b15-10+. The molecule has 222 valence electrons. The number of methoxy groups -OCH3 is 1. The van der Waals surface area contributed by atoms with Crippen LogP contribution in [0.25, 0.3) is 22.9 Å². The van der Waals surface area contributed by atoms with Crippen molar-refractivity contribution in [3.63, 3.8) is 0 Å². The summed E-state index contributed by atoms with van der Waals surface area (Å²) < 4.78 is 7.35. The van der Waals surface area contributed by atoms with Gasteiger partial charge in [-0.15, -0.1) is 5.10 Å². The number of benzene rings is 3. The van der Waals surface area contributed by atoms with Crippen molar-refractivity contribution in [1.82, 2.24) is 35.3 Å². The lowest BCUT2D eigenvalue weighted by molar-refractivity contribution is -0.117. The Bertz CT molecular complexity index is 1860. The van der Waals surface area contributed by atoms with Gasteiger partial charge in [-0.05, 0) is 70.4 Å². The molecule has 2 aromatic heterocycles. The topological polar surface area (TPSA) is 146 Å². The molecule has 3 aromatic carbocycles. The summed E-state index contributed by atoms with van der Waals surface area (Å²) in [5.41, 5.74) is 3.92. The number of halogens is 1. The fourth-order valence-electron chi connectivity index (χ4n) is 4.51. The molecular weight excluding hydrogens is 584 g/mol. The van der Waals surface area contributed by atoms with Crippen LogP contribution in [0.5, 0.6) is 0 Å². The Kier molecular flexibility index (Phi) is 9.21. The Labute approximate surface area is 256 Å². The first-order valence-electron chi connectivity index (χ1n) is 13.4. The van der Waals surface area contributed by atoms with Gasteiger partial charge < -0.3 is 10.1 Å². The molecule has 12 nitrogen and oxygen atoms in total. The van der Waals surface area contributed by atoms with E-state index in [-0.39, 0.29) is 11.5 Å². The third-order valence-electron chi connectivity index (χ3n) is 6.67. The molecule has 0 aliphatic heterocycles. The summed E-state index contributed by atoms with van der Waals surface area (Å²) >= 11 is 6.22. The van der Waals surface area contributed by atoms with Gasteiger partial charge >= 0.3 is 6.09 Å². The van der Waals surface area contributed by atoms with Crippen LogP contribution in [0, 0.1) is 0 Å². The zero-order valence-electron chi connectivity index (χ0n) is 23.7. The maximum atomic E-state index is 13.3. The zero-order valence-corrected chi connectivity index (χ0v) is 24.5. The molecule has 0 fully saturated rings. The Morgan fingerprint density at radius 1 is 1.05 bits per heavy atom. The Balaban J connectivity index is 1.46. The molecule has 0 saturated carbocycles. The average molecular weight is 611 g/mol. The van der Waals surface area contributed by atoms with E-state index >= 15 is 0 Å². The van der Waals surface area contributed by atoms with Gasteiger partial charge in [-0.1, -0.05) is 54.1 Å². The minimum Gasteiger partial charge on any atom is -0.453 e. The van der Waals surface area contributed by atoms with Crippen LogP contribution < -0.4 is 16.2 Å². The van der Waals surface area contributed by atoms with Crippen LogP contribution in [-0.4, -0.2) is 49.1 Å². The molecule has 2 N–H and O–H groups in total. The summed E-state index contributed by atoms with van der Waals surface area (Å²) in [5.74, 6) is -0.385. The number of hydrogen-bond acceptors (Lipinski definition) is 8. The highest BCUT2D eigenvalue weighted by Crippen LogP contribution is 2.24. The van der Waals surface area contributed by atoms with Gasteiger partial charge in [0.05, 0.1) is 30.1 Å². The predicted molar refractivity (Wildman–Crippen MR) is 165 cm³/mol. The highest BCUT2D eigenvalue weighted by atomic mass is 35.5. The van der Waals surface area contributed by atoms with Gasteiger partial charge in [0.25, 0.3) is 5.56 Å². The second-order valence-electron chi connectivity index (χ2n) is 9.65. The smallest absolute Gasteiger partial charge is 0.411 e. The van der Waals surface area contributed by atoms with Crippen molar-refractivity contribution in [2.24, 2.45) is 7.05 Å². The number of ether oxygens (including phenoxy) is 1. The molecule has 5 aromatic rings. The van der Waals surface area contributed by atoms with Crippen LogP contribution in [0.2, 0.25) is 5.02 Å². The summed E-state index contributed by atoms with van der Waals surface area (Å²) in [5, 5.41) is 21.9. The van der Waals surface area contributed by atoms with Crippen molar-refractivity contribution in [2.75, 3.05) is 12.4 Å². The van der Waals surface area contributed by atoms with Crippen molar-refractivity contribution in [3.05, 3.63) is 123 Å². The summed E-state index contributed by atoms with van der Waals surface area (Å²) in [7, 11) is 2.83. The fraction of sp³-hybridized carbons (Fsp3) is 0.129. The van der Waals surface area contributed by atoms with Crippen LogP contribution in [0.15, 0.2) is 96.1 Å². The quantitative estimate of drug-likeness (QED) is 0.234. The number of tetrazole rings is 1. The van der Waals surface area contributed by atoms with Crippen LogP contribution in [0.4, 0.5) is 10.5 Å². The van der Waals surface area contributed by atoms with E-state index in [0.29, 0.717) is 45.2 Å². The van der Waals surface area contributed by atoms with E-state index in [2.05, 4.69) is 36.0 Å². The Morgan fingerprint density at radius 2 is 1.82 bits per heavy atom. The van der Waals surface area contributed by atoms with Gasteiger partial charge in [0.15, 0.2) is 0 Å². The monoisotopic (exact) mass is 610 g/mol. The Hall–Kier alpha value is -5.62. The van der Waals surface area contributed by atoms with Crippen LogP contribution >= 0.6 is 11.6 Å². The number of anilines is 1. The molecule has 1 unspecified atom stereocenters. The molecule has 44 heavy (non-hydrogen) atoms. The van der Waals surface area contributed by atoms with Crippen molar-refractivity contribution in [2.45, 2.75) is 12.5 Å². The van der Waals surface area contributed by atoms with Gasteiger partial charge in [0.2, 0.25) is 5.91 Å². The first-order valence-corrected chi connectivity index (χ1v) is 13.8. The zero-order chi connectivity index (χ0) is 31.1. The van der Waals surface area contributed by atoms with Gasteiger partial charge in [-0.3, -0.25) is 14.9 Å². The number of amides is 2. The summed E-state index contributed by atoms with van der Waals surface area (Å²) in [6.45, 7) is 0. The van der Waals surface area contributed by atoms with Crippen LogP contribution in [-0.2, 0) is 23.0 Å². The summed E-state index contributed by atoms with van der Waals surface area (Å²) in [6.07, 6.45) is 4.28. The van der Waals surface area contributed by atoms with E-state index < -0.39 is 12.1 Å². The SMILES string of the molecule is COC(=O)Nc1ccc(-c2cc(C(Cc3ccccc3)NC(=O)/C=C/c3cc(Cl)ccc3-n3cnnn3)nn(C)c2=O)cc1. The highest BCUT2D eigenvalue weighted by Gasteiger charge is 2.20. The van der Waals surface area contributed by atoms with Gasteiger partial charge in [0, 0.05) is 29.4 Å². The molecule has 13 heteroatoms. The first kappa shape index (κ1) is 29.9. The average Bonchev–Trinajstić information content (AvgIpc) is 3.57. The van der Waals surface area contributed by atoms with Crippen molar-refractivity contribution in [1.29, 1.82) is 0 Å². The van der Waals surface area contributed by atoms with E-state index in [4.69, 9.17) is 11.6 Å². The maximum Gasteiger partial charge on any atom is 0.411 e. The molecule has 0 bridgehead atoms. The van der Waals surface area contributed by atoms with E-state index in [1.54, 1.807) is 61.7 Å². The third kappa shape index (κ3) is 7.23. The highest BCUT2D eigenvalue weighted by molar-refractivity contribution is 6.30. The number of nitrogens with zero attached hydrogens (tertiary/aromatic N) is 6. The van der Waals surface area contributed by atoms with Crippen molar-refractivity contribution < 1.29 is 14.3 Å². The van der Waals surface area contributed by atoms with E-state index in [1.807, 2.05) is 30.3 Å². The number of carbonyl (C=O) groups is 2. The molecule has 0 saturated heterocycles. The lowest BCUT2D eigenvalue weighted by atomic mass is 10.00. The normalized spacial score (nSPS) is 11.7. The first-order chi connectivity index (χ1) is 21.3. The largest absolute Gasteiger partial charge is 0.453 e. The molecule has 0 aliphatic carbocycles. The van der Waals surface area contributed by atoms with Gasteiger partial charge in [-0.2, -0.15) is 9.78 Å². The molecule has 0 radical (unpaired) electrons. The lowest BCUT2D eigenvalue weighted by Gasteiger charge is -2.19. The number of rotatable bonds is 9. The second kappa shape index (κ2) is 13.6. The maximum absolute atomic E-state index is 13.3. The summed E-state index contributed by atoms with van der Waals surface area (Å²) in [6, 6.07) is 22.7. The molecule has 5 rings (SSSR count). The van der Waals surface area contributed by atoms with Gasteiger partial charge in [0.1, 0.15) is 6.33 Å². The number of carbonyl (C=O) groups excluding carboxylic acids is 2.